The van der Waals surface area contributed by atoms with Crippen molar-refractivity contribution in [1.82, 2.24) is 20.8 Å². The highest BCUT2D eigenvalue weighted by Crippen LogP contribution is 2.36. The summed E-state index contributed by atoms with van der Waals surface area (Å²) in [5.41, 5.74) is 3.51. The first kappa shape index (κ1) is 28.3. The van der Waals surface area contributed by atoms with Crippen LogP contribution in [0.2, 0.25) is 0 Å². The van der Waals surface area contributed by atoms with Gasteiger partial charge in [-0.05, 0) is 23.8 Å². The van der Waals surface area contributed by atoms with Crippen LogP contribution in [0.5, 0.6) is 0 Å². The summed E-state index contributed by atoms with van der Waals surface area (Å²) in [6, 6.07) is 2.95. The number of nitrogens with zero attached hydrogens (tertiary/aromatic N) is 2. The number of amides is 2. The highest BCUT2D eigenvalue weighted by Gasteiger charge is 2.39. The van der Waals surface area contributed by atoms with Gasteiger partial charge in [0, 0.05) is 16.9 Å². The molecule has 2 amide bonds. The van der Waals surface area contributed by atoms with Crippen molar-refractivity contribution in [2.24, 2.45) is 10.7 Å². The predicted octanol–water partition coefficient (Wildman–Crippen LogP) is 2.27. The largest absolute Gasteiger partial charge is 0.481 e. The number of rotatable bonds is 8. The zero-order valence-electron chi connectivity index (χ0n) is 20.4. The zero-order valence-corrected chi connectivity index (χ0v) is 20.4. The van der Waals surface area contributed by atoms with E-state index in [0.717, 1.165) is 12.1 Å². The number of carbonyl (C=O) groups excluding carboxylic acids is 2. The zero-order chi connectivity index (χ0) is 29.2. The highest BCUT2D eigenvalue weighted by molar-refractivity contribution is 6.07. The summed E-state index contributed by atoms with van der Waals surface area (Å²) in [5, 5.41) is 24.3. The number of nitrogens with two attached hydrogens (primary N) is 1. The number of carboxylic acids is 1. The van der Waals surface area contributed by atoms with Gasteiger partial charge in [0.2, 0.25) is 5.91 Å². The molecule has 3 atom stereocenters. The summed E-state index contributed by atoms with van der Waals surface area (Å²) in [5.74, 6) is -7.23. The average molecular weight is 567 g/mol. The standard InChI is InChI=1S/C24H22F5N7O4/c25-11-7-31-23(32-8-11)34-16-4-10(5-17-14(16)9-33-36-17)22(40)35-20(21(30)39)13(6-18(37)38)12-2-1-3-15(19(12)26)24(27,28)29/h1-5,9,11,13,20H,6-8H2,(H2,30,39)(H,33,36)(H,35,40)(H,37,38)(H2,31,32,34)/t13-,20?/m0/s1. The number of H-pyrrole nitrogens is 1. The Balaban J connectivity index is 1.69. The van der Waals surface area contributed by atoms with Crippen molar-refractivity contribution in [2.45, 2.75) is 30.7 Å². The second-order valence-electron chi connectivity index (χ2n) is 8.91. The van der Waals surface area contributed by atoms with Gasteiger partial charge >= 0.3 is 12.1 Å². The first-order valence-electron chi connectivity index (χ1n) is 11.7. The molecule has 0 saturated heterocycles. The number of fused-ring (bicyclic) bond motifs is 1. The van der Waals surface area contributed by atoms with Crippen molar-refractivity contribution >= 4 is 40.3 Å². The van der Waals surface area contributed by atoms with Crippen LogP contribution in [0.3, 0.4) is 0 Å². The average Bonchev–Trinajstić information content (AvgIpc) is 3.36. The number of hydrogen-bond acceptors (Lipinski definition) is 7. The molecule has 0 radical (unpaired) electrons. The Morgan fingerprint density at radius 3 is 2.60 bits per heavy atom. The van der Waals surface area contributed by atoms with Gasteiger partial charge in [0.05, 0.1) is 42.5 Å². The molecule has 0 aliphatic carbocycles. The lowest BCUT2D eigenvalue weighted by molar-refractivity contribution is -0.140. The Morgan fingerprint density at radius 1 is 1.23 bits per heavy atom. The van der Waals surface area contributed by atoms with E-state index in [-0.39, 0.29) is 24.6 Å². The molecule has 40 heavy (non-hydrogen) atoms. The quantitative estimate of drug-likeness (QED) is 0.226. The molecular weight excluding hydrogens is 545 g/mol. The lowest BCUT2D eigenvalue weighted by Gasteiger charge is -2.26. The lowest BCUT2D eigenvalue weighted by Crippen LogP contribution is -2.49. The lowest BCUT2D eigenvalue weighted by atomic mass is 9.86. The predicted molar refractivity (Wildman–Crippen MR) is 132 cm³/mol. The molecule has 3 aromatic rings. The Kier molecular flexibility index (Phi) is 7.88. The molecule has 0 fully saturated rings. The second kappa shape index (κ2) is 11.2. The van der Waals surface area contributed by atoms with E-state index in [0.29, 0.717) is 22.7 Å². The van der Waals surface area contributed by atoms with Crippen LogP contribution in [0.4, 0.5) is 27.6 Å². The van der Waals surface area contributed by atoms with Crippen molar-refractivity contribution in [3.8, 4) is 0 Å². The number of aliphatic carboxylic acids is 1. The van der Waals surface area contributed by atoms with Gasteiger partial charge in [0.15, 0.2) is 5.96 Å². The number of halogens is 5. The molecule has 7 N–H and O–H groups in total. The van der Waals surface area contributed by atoms with Crippen LogP contribution in [0.1, 0.15) is 33.8 Å². The molecular formula is C24H22F5N7O4. The van der Waals surface area contributed by atoms with E-state index in [1.54, 1.807) is 0 Å². The molecule has 11 nitrogen and oxygen atoms in total. The van der Waals surface area contributed by atoms with Crippen molar-refractivity contribution in [3.05, 3.63) is 59.0 Å². The normalized spacial score (nSPS) is 16.9. The van der Waals surface area contributed by atoms with E-state index in [1.807, 2.05) is 0 Å². The first-order chi connectivity index (χ1) is 18.8. The van der Waals surface area contributed by atoms with Crippen LogP contribution >= 0.6 is 0 Å². The van der Waals surface area contributed by atoms with Gasteiger partial charge in [-0.15, -0.1) is 0 Å². The molecule has 0 spiro atoms. The number of nitrogens with one attached hydrogen (secondary N) is 4. The molecule has 1 aliphatic rings. The minimum absolute atomic E-state index is 0.00209. The molecule has 2 heterocycles. The summed E-state index contributed by atoms with van der Waals surface area (Å²) < 4.78 is 68.3. The van der Waals surface area contributed by atoms with E-state index in [4.69, 9.17) is 5.73 Å². The number of hydrogen-bond donors (Lipinski definition) is 6. The maximum atomic E-state index is 15.0. The van der Waals surface area contributed by atoms with Gasteiger partial charge in [-0.25, -0.2) is 13.8 Å². The number of primary amides is 1. The molecule has 2 unspecified atom stereocenters. The number of aliphatic imine (C=N–C) groups is 1. The summed E-state index contributed by atoms with van der Waals surface area (Å²) >= 11 is 0. The summed E-state index contributed by atoms with van der Waals surface area (Å²) in [4.78, 5) is 41.2. The summed E-state index contributed by atoms with van der Waals surface area (Å²) in [7, 11) is 0. The van der Waals surface area contributed by atoms with Gasteiger partial charge in [0.1, 0.15) is 18.0 Å². The number of benzene rings is 2. The summed E-state index contributed by atoms with van der Waals surface area (Å²) in [6.45, 7) is -0.0979. The first-order valence-corrected chi connectivity index (χ1v) is 11.7. The molecule has 2 aromatic carbocycles. The highest BCUT2D eigenvalue weighted by atomic mass is 19.4. The Hall–Kier alpha value is -4.76. The topological polar surface area (TPSA) is 175 Å². The van der Waals surface area contributed by atoms with Crippen LogP contribution in [-0.4, -0.2) is 64.4 Å². The number of anilines is 1. The SMILES string of the molecule is NC(=O)C(NC(=O)c1cc(NC2=NCC(F)CN2)c2cn[nH]c2c1)[C@@H](CC(=O)O)c1cccc(C(F)(F)F)c1F. The number of aromatic nitrogens is 2. The molecule has 1 aromatic heterocycles. The van der Waals surface area contributed by atoms with E-state index >= 15 is 0 Å². The number of guanidine groups is 1. The molecule has 4 rings (SSSR count). The Labute approximate surface area is 222 Å². The monoisotopic (exact) mass is 567 g/mol. The molecule has 16 heteroatoms. The number of aromatic amines is 1. The van der Waals surface area contributed by atoms with Crippen molar-refractivity contribution in [3.63, 3.8) is 0 Å². The third kappa shape index (κ3) is 6.10. The number of alkyl halides is 4. The Bertz CT molecular complexity index is 1490. The van der Waals surface area contributed by atoms with E-state index in [2.05, 4.69) is 31.1 Å². The van der Waals surface area contributed by atoms with Crippen LogP contribution in [0.25, 0.3) is 10.9 Å². The third-order valence-electron chi connectivity index (χ3n) is 6.14. The fraction of sp³-hybridized carbons (Fsp3) is 0.292. The van der Waals surface area contributed by atoms with Gasteiger partial charge in [-0.1, -0.05) is 12.1 Å². The van der Waals surface area contributed by atoms with Crippen LogP contribution in [0.15, 0.2) is 41.5 Å². The summed E-state index contributed by atoms with van der Waals surface area (Å²) in [6.07, 6.45) is -5.88. The second-order valence-corrected chi connectivity index (χ2v) is 8.91. The molecule has 0 saturated carbocycles. The van der Waals surface area contributed by atoms with Gasteiger partial charge < -0.3 is 26.8 Å². The molecule has 212 valence electrons. The van der Waals surface area contributed by atoms with E-state index in [9.17, 15) is 41.4 Å². The van der Waals surface area contributed by atoms with E-state index in [1.165, 1.54) is 18.3 Å². The minimum atomic E-state index is -5.11. The molecule has 0 bridgehead atoms. The Morgan fingerprint density at radius 2 is 1.98 bits per heavy atom. The fourth-order valence-corrected chi connectivity index (χ4v) is 4.26. The van der Waals surface area contributed by atoms with Crippen LogP contribution < -0.4 is 21.7 Å². The van der Waals surface area contributed by atoms with Gasteiger partial charge in [-0.3, -0.25) is 19.5 Å². The smallest absolute Gasteiger partial charge is 0.419 e. The van der Waals surface area contributed by atoms with Crippen LogP contribution in [-0.2, 0) is 15.8 Å². The third-order valence-corrected chi connectivity index (χ3v) is 6.14. The van der Waals surface area contributed by atoms with Crippen molar-refractivity contribution in [2.75, 3.05) is 18.4 Å². The maximum absolute atomic E-state index is 15.0. The van der Waals surface area contributed by atoms with Crippen molar-refractivity contribution < 1.29 is 41.4 Å². The maximum Gasteiger partial charge on any atom is 0.419 e. The van der Waals surface area contributed by atoms with E-state index < -0.39 is 65.5 Å². The van der Waals surface area contributed by atoms with Crippen LogP contribution in [0, 0.1) is 5.82 Å². The van der Waals surface area contributed by atoms with Gasteiger partial charge in [0.25, 0.3) is 5.91 Å². The van der Waals surface area contributed by atoms with Crippen molar-refractivity contribution in [1.29, 1.82) is 0 Å². The fourth-order valence-electron chi connectivity index (χ4n) is 4.26. The van der Waals surface area contributed by atoms with Gasteiger partial charge in [-0.2, -0.15) is 18.3 Å². The molecule has 1 aliphatic heterocycles. The number of carbonyl (C=O) groups is 3. The minimum Gasteiger partial charge on any atom is -0.481 e. The number of carboxylic acid groups (broad SMARTS) is 1.